The van der Waals surface area contributed by atoms with Crippen molar-refractivity contribution in [2.45, 2.75) is 48.3 Å². The molecule has 0 aromatic heterocycles. The maximum atomic E-state index is 15.3. The average Bonchev–Trinajstić information content (AvgIpc) is 2.82. The van der Waals surface area contributed by atoms with Crippen LogP contribution in [0.5, 0.6) is 0 Å². The van der Waals surface area contributed by atoms with E-state index in [0.717, 1.165) is 5.56 Å². The lowest BCUT2D eigenvalue weighted by Crippen LogP contribution is -2.53. The molecule has 0 amide bonds. The van der Waals surface area contributed by atoms with Crippen LogP contribution in [-0.4, -0.2) is 57.1 Å². The predicted octanol–water partition coefficient (Wildman–Crippen LogP) is 2.56. The fourth-order valence-corrected chi connectivity index (χ4v) is 7.43. The Bertz CT molecular complexity index is 1120. The molecular weight excluding hydrogens is 459 g/mol. The monoisotopic (exact) mass is 490 g/mol. The van der Waals surface area contributed by atoms with Gasteiger partial charge in [-0.25, -0.2) is 12.8 Å². The zero-order valence-electron chi connectivity index (χ0n) is 19.2. The van der Waals surface area contributed by atoms with Crippen molar-refractivity contribution in [3.8, 4) is 0 Å². The number of sulfone groups is 1. The van der Waals surface area contributed by atoms with Crippen molar-refractivity contribution in [3.05, 3.63) is 71.0 Å². The quantitative estimate of drug-likeness (QED) is 0.548. The number of rotatable bonds is 7. The lowest BCUT2D eigenvalue weighted by Gasteiger charge is -2.39. The summed E-state index contributed by atoms with van der Waals surface area (Å²) in [5.41, 5.74) is 1.02. The SMILES string of the molecule is C[C@@H]1NC[C@@H](c2ccccc2)S(=O)(=O)C1Cc1ccc(C2(NCC(=O)O)CCOCC2)cc1F. The van der Waals surface area contributed by atoms with E-state index in [9.17, 15) is 13.2 Å². The highest BCUT2D eigenvalue weighted by atomic mass is 32.2. The van der Waals surface area contributed by atoms with Crippen LogP contribution in [0.1, 0.15) is 41.7 Å². The first-order valence-electron chi connectivity index (χ1n) is 11.6. The number of carboxylic acids is 1. The molecule has 2 fully saturated rings. The van der Waals surface area contributed by atoms with Gasteiger partial charge in [-0.05, 0) is 48.9 Å². The molecule has 184 valence electrons. The summed E-state index contributed by atoms with van der Waals surface area (Å²) < 4.78 is 47.8. The third-order valence-electron chi connectivity index (χ3n) is 7.12. The van der Waals surface area contributed by atoms with Gasteiger partial charge in [-0.15, -0.1) is 0 Å². The molecule has 0 spiro atoms. The summed E-state index contributed by atoms with van der Waals surface area (Å²) in [4.78, 5) is 11.1. The summed E-state index contributed by atoms with van der Waals surface area (Å²) in [6.07, 6.45) is 1.11. The van der Waals surface area contributed by atoms with E-state index in [-0.39, 0.29) is 19.0 Å². The number of ether oxygens (including phenoxy) is 1. The van der Waals surface area contributed by atoms with E-state index in [1.807, 2.05) is 37.3 Å². The van der Waals surface area contributed by atoms with E-state index in [1.54, 1.807) is 12.1 Å². The van der Waals surface area contributed by atoms with Crippen LogP contribution in [0.15, 0.2) is 48.5 Å². The minimum absolute atomic E-state index is 0.0601. The lowest BCUT2D eigenvalue weighted by molar-refractivity contribution is -0.136. The number of halogens is 1. The fraction of sp³-hybridized carbons (Fsp3) is 0.480. The van der Waals surface area contributed by atoms with Gasteiger partial charge in [-0.3, -0.25) is 10.1 Å². The standard InChI is InChI=1S/C25H31FN2O5S/c1-17-22(34(31,32)23(15-27-17)18-5-3-2-4-6-18)13-19-7-8-20(14-21(19)26)25(28-16-24(29)30)9-11-33-12-10-25/h2-8,14,17,22-23,27-28H,9-13,15-16H2,1H3,(H,29,30)/t17-,22?,23-/m0/s1. The third kappa shape index (κ3) is 5.02. The van der Waals surface area contributed by atoms with Crippen LogP contribution in [0, 0.1) is 5.82 Å². The summed E-state index contributed by atoms with van der Waals surface area (Å²) in [6.45, 7) is 2.79. The van der Waals surface area contributed by atoms with Crippen LogP contribution < -0.4 is 10.6 Å². The molecule has 2 aromatic rings. The van der Waals surface area contributed by atoms with Crippen molar-refractivity contribution in [2.24, 2.45) is 0 Å². The second kappa shape index (κ2) is 10.1. The van der Waals surface area contributed by atoms with E-state index >= 15 is 4.39 Å². The first-order chi connectivity index (χ1) is 16.2. The Morgan fingerprint density at radius 1 is 1.21 bits per heavy atom. The first-order valence-corrected chi connectivity index (χ1v) is 13.2. The first kappa shape index (κ1) is 24.8. The highest BCUT2D eigenvalue weighted by Gasteiger charge is 2.43. The Kier molecular flexibility index (Phi) is 7.37. The molecule has 2 aliphatic heterocycles. The van der Waals surface area contributed by atoms with Crippen LogP contribution in [-0.2, 0) is 31.3 Å². The van der Waals surface area contributed by atoms with Crippen LogP contribution in [0.3, 0.4) is 0 Å². The van der Waals surface area contributed by atoms with Gasteiger partial charge in [0, 0.05) is 31.3 Å². The van der Waals surface area contributed by atoms with Gasteiger partial charge in [0.05, 0.1) is 17.0 Å². The highest BCUT2D eigenvalue weighted by Crippen LogP contribution is 2.35. The Hall–Kier alpha value is -2.33. The average molecular weight is 491 g/mol. The maximum absolute atomic E-state index is 15.3. The number of benzene rings is 2. The van der Waals surface area contributed by atoms with Gasteiger partial charge in [-0.1, -0.05) is 42.5 Å². The van der Waals surface area contributed by atoms with Crippen molar-refractivity contribution in [1.29, 1.82) is 0 Å². The zero-order chi connectivity index (χ0) is 24.3. The predicted molar refractivity (Wildman–Crippen MR) is 127 cm³/mol. The largest absolute Gasteiger partial charge is 0.480 e. The van der Waals surface area contributed by atoms with Gasteiger partial charge in [0.2, 0.25) is 0 Å². The van der Waals surface area contributed by atoms with Crippen LogP contribution >= 0.6 is 0 Å². The molecule has 2 saturated heterocycles. The molecule has 2 heterocycles. The van der Waals surface area contributed by atoms with E-state index in [2.05, 4.69) is 10.6 Å². The topological polar surface area (TPSA) is 105 Å². The Morgan fingerprint density at radius 2 is 1.91 bits per heavy atom. The highest BCUT2D eigenvalue weighted by molar-refractivity contribution is 7.92. The fourth-order valence-electron chi connectivity index (χ4n) is 5.06. The van der Waals surface area contributed by atoms with E-state index < -0.39 is 37.7 Å². The minimum Gasteiger partial charge on any atom is -0.480 e. The third-order valence-corrected chi connectivity index (χ3v) is 9.77. The molecule has 4 rings (SSSR count). The Morgan fingerprint density at radius 3 is 2.56 bits per heavy atom. The molecule has 1 unspecified atom stereocenters. The maximum Gasteiger partial charge on any atom is 0.317 e. The summed E-state index contributed by atoms with van der Waals surface area (Å²) in [7, 11) is -3.57. The Labute approximate surface area is 199 Å². The van der Waals surface area contributed by atoms with Gasteiger partial charge in [-0.2, -0.15) is 0 Å². The molecule has 34 heavy (non-hydrogen) atoms. The summed E-state index contributed by atoms with van der Waals surface area (Å²) >= 11 is 0. The van der Waals surface area contributed by atoms with Crippen molar-refractivity contribution < 1.29 is 27.4 Å². The number of hydrogen-bond acceptors (Lipinski definition) is 6. The van der Waals surface area contributed by atoms with Gasteiger partial charge in [0.25, 0.3) is 0 Å². The van der Waals surface area contributed by atoms with Crippen LogP contribution in [0.25, 0.3) is 0 Å². The number of hydrogen-bond donors (Lipinski definition) is 3. The normalized spacial score (nSPS) is 26.1. The van der Waals surface area contributed by atoms with Crippen LogP contribution in [0.2, 0.25) is 0 Å². The molecular formula is C25H31FN2O5S. The van der Waals surface area contributed by atoms with E-state index in [1.165, 1.54) is 6.07 Å². The molecule has 3 atom stereocenters. The van der Waals surface area contributed by atoms with E-state index in [0.29, 0.717) is 43.7 Å². The molecule has 7 nitrogen and oxygen atoms in total. The van der Waals surface area contributed by atoms with Crippen molar-refractivity contribution >= 4 is 15.8 Å². The van der Waals surface area contributed by atoms with Gasteiger partial charge < -0.3 is 15.2 Å². The summed E-state index contributed by atoms with van der Waals surface area (Å²) in [5.74, 6) is -1.47. The molecule has 0 bridgehead atoms. The van der Waals surface area contributed by atoms with Crippen molar-refractivity contribution in [2.75, 3.05) is 26.3 Å². The molecule has 0 saturated carbocycles. The van der Waals surface area contributed by atoms with Gasteiger partial charge in [0.15, 0.2) is 9.84 Å². The summed E-state index contributed by atoms with van der Waals surface area (Å²) in [5, 5.41) is 14.0. The zero-order valence-corrected chi connectivity index (χ0v) is 20.0. The number of nitrogens with one attached hydrogen (secondary N) is 2. The van der Waals surface area contributed by atoms with Crippen molar-refractivity contribution in [3.63, 3.8) is 0 Å². The van der Waals surface area contributed by atoms with Crippen molar-refractivity contribution in [1.82, 2.24) is 10.6 Å². The molecule has 9 heteroatoms. The smallest absolute Gasteiger partial charge is 0.317 e. The molecule has 0 radical (unpaired) electrons. The second-order valence-corrected chi connectivity index (χ2v) is 11.5. The molecule has 2 aromatic carbocycles. The van der Waals surface area contributed by atoms with E-state index in [4.69, 9.17) is 9.84 Å². The number of carbonyl (C=O) groups is 1. The number of carboxylic acid groups (broad SMARTS) is 1. The minimum atomic E-state index is -3.57. The van der Waals surface area contributed by atoms with Gasteiger partial charge >= 0.3 is 5.97 Å². The van der Waals surface area contributed by atoms with Crippen LogP contribution in [0.4, 0.5) is 4.39 Å². The Balaban J connectivity index is 1.59. The molecule has 2 aliphatic rings. The summed E-state index contributed by atoms with van der Waals surface area (Å²) in [6, 6.07) is 13.6. The lowest BCUT2D eigenvalue weighted by atomic mass is 9.82. The molecule has 3 N–H and O–H groups in total. The number of aliphatic carboxylic acids is 1. The molecule has 0 aliphatic carbocycles. The van der Waals surface area contributed by atoms with Gasteiger partial charge in [0.1, 0.15) is 5.82 Å². The second-order valence-electron chi connectivity index (χ2n) is 9.18.